The van der Waals surface area contributed by atoms with Crippen molar-refractivity contribution in [2.75, 3.05) is 5.43 Å². The first-order valence-electron chi connectivity index (χ1n) is 7.39. The lowest BCUT2D eigenvalue weighted by atomic mass is 10.0. The van der Waals surface area contributed by atoms with Gasteiger partial charge in [-0.2, -0.15) is 10.2 Å². The van der Waals surface area contributed by atoms with Crippen LogP contribution in [0.1, 0.15) is 15.9 Å². The summed E-state index contributed by atoms with van der Waals surface area (Å²) in [6.45, 7) is 0. The quantitative estimate of drug-likeness (QED) is 0.393. The number of hydrogen-bond acceptors (Lipinski definition) is 5. The summed E-state index contributed by atoms with van der Waals surface area (Å²) >= 11 is 3.17. The van der Waals surface area contributed by atoms with Crippen LogP contribution in [-0.2, 0) is 0 Å². The van der Waals surface area contributed by atoms with E-state index in [0.717, 1.165) is 0 Å². The van der Waals surface area contributed by atoms with Gasteiger partial charge in [0, 0.05) is 11.1 Å². The normalized spacial score (nSPS) is 11.2. The van der Waals surface area contributed by atoms with Crippen LogP contribution in [0.3, 0.4) is 0 Å². The molecule has 1 aromatic heterocycles. The lowest BCUT2D eigenvalue weighted by Gasteiger charge is -2.08. The minimum absolute atomic E-state index is 0.228. The van der Waals surface area contributed by atoms with Gasteiger partial charge in [-0.1, -0.05) is 60.7 Å². The van der Waals surface area contributed by atoms with E-state index in [1.807, 2.05) is 24.3 Å². The number of carbonyl (C=O) groups is 1. The molecule has 0 aliphatic rings. The number of benzene rings is 2. The second kappa shape index (κ2) is 7.67. The van der Waals surface area contributed by atoms with E-state index in [1.54, 1.807) is 36.4 Å². The van der Waals surface area contributed by atoms with E-state index in [2.05, 4.69) is 36.7 Å². The Morgan fingerprint density at radius 1 is 1.00 bits per heavy atom. The van der Waals surface area contributed by atoms with Crippen molar-refractivity contribution < 1.29 is 4.79 Å². The molecule has 0 saturated carbocycles. The largest absolute Gasteiger partial charge is 0.287 e. The summed E-state index contributed by atoms with van der Waals surface area (Å²) in [4.78, 5) is 24.4. The van der Waals surface area contributed by atoms with Crippen molar-refractivity contribution in [1.82, 2.24) is 10.2 Å². The fourth-order valence-corrected chi connectivity index (χ4v) is 2.43. The molecule has 0 atom stereocenters. The van der Waals surface area contributed by atoms with E-state index in [1.165, 1.54) is 6.20 Å². The Bertz CT molecular complexity index is 969. The first kappa shape index (κ1) is 16.8. The third-order valence-corrected chi connectivity index (χ3v) is 4.17. The predicted molar refractivity (Wildman–Crippen MR) is 99.9 cm³/mol. The molecule has 2 N–H and O–H groups in total. The second-order valence-corrected chi connectivity index (χ2v) is 5.85. The van der Waals surface area contributed by atoms with Gasteiger partial charge in [0.2, 0.25) is 5.78 Å². The summed E-state index contributed by atoms with van der Waals surface area (Å²) in [5.74, 6) is -0.228. The van der Waals surface area contributed by atoms with Crippen LogP contribution < -0.4 is 11.0 Å². The number of Topliss-reactive ketones (excluding diaryl/α,β-unsaturated/α-hetero) is 1. The zero-order chi connectivity index (χ0) is 17.6. The molecule has 0 aliphatic carbocycles. The average molecular weight is 397 g/mol. The van der Waals surface area contributed by atoms with Gasteiger partial charge in [-0.25, -0.2) is 5.10 Å². The van der Waals surface area contributed by atoms with Gasteiger partial charge in [0.05, 0.1) is 11.9 Å². The molecular weight excluding hydrogens is 384 g/mol. The Hall–Kier alpha value is -3.06. The highest BCUT2D eigenvalue weighted by molar-refractivity contribution is 9.10. The van der Waals surface area contributed by atoms with E-state index < -0.39 is 5.56 Å². The van der Waals surface area contributed by atoms with Crippen LogP contribution in [0.2, 0.25) is 0 Å². The van der Waals surface area contributed by atoms with Crippen LogP contribution >= 0.6 is 15.9 Å². The van der Waals surface area contributed by atoms with Gasteiger partial charge in [0.1, 0.15) is 10.2 Å². The number of hydrogen-bond donors (Lipinski definition) is 2. The maximum atomic E-state index is 12.9. The Kier molecular flexibility index (Phi) is 5.15. The van der Waals surface area contributed by atoms with Crippen molar-refractivity contribution in [3.63, 3.8) is 0 Å². The summed E-state index contributed by atoms with van der Waals surface area (Å²) in [5, 5.41) is 10.3. The van der Waals surface area contributed by atoms with E-state index in [4.69, 9.17) is 0 Å². The highest BCUT2D eigenvalue weighted by atomic mass is 79.9. The number of nitrogens with zero attached hydrogens (tertiary/aromatic N) is 2. The molecule has 2 aromatic carbocycles. The highest BCUT2D eigenvalue weighted by Gasteiger charge is 2.16. The Morgan fingerprint density at radius 3 is 2.24 bits per heavy atom. The number of anilines is 1. The predicted octanol–water partition coefficient (Wildman–Crippen LogP) is 3.23. The van der Waals surface area contributed by atoms with Crippen molar-refractivity contribution in [2.45, 2.75) is 0 Å². The molecule has 7 heteroatoms. The summed E-state index contributed by atoms with van der Waals surface area (Å²) in [7, 11) is 0. The Morgan fingerprint density at radius 2 is 1.60 bits per heavy atom. The molecule has 3 aromatic rings. The number of rotatable bonds is 5. The fraction of sp³-hybridized carbons (Fsp3) is 0. The molecule has 0 radical (unpaired) electrons. The van der Waals surface area contributed by atoms with E-state index in [-0.39, 0.29) is 16.0 Å². The van der Waals surface area contributed by atoms with Gasteiger partial charge >= 0.3 is 0 Å². The molecular formula is C18H13BrN4O2. The number of aromatic amines is 1. The topological polar surface area (TPSA) is 87.2 Å². The number of hydrazone groups is 1. The molecule has 0 unspecified atom stereocenters. The fourth-order valence-electron chi connectivity index (χ4n) is 2.15. The van der Waals surface area contributed by atoms with Crippen molar-refractivity contribution in [2.24, 2.45) is 5.10 Å². The summed E-state index contributed by atoms with van der Waals surface area (Å²) in [6.07, 6.45) is 1.41. The number of H-pyrrole nitrogens is 1. The lowest BCUT2D eigenvalue weighted by Crippen LogP contribution is -2.18. The van der Waals surface area contributed by atoms with Gasteiger partial charge in [0.15, 0.2) is 0 Å². The minimum atomic E-state index is -0.393. The standard InChI is InChI=1S/C18H13BrN4O2/c19-15-14(11-20-23-18(15)25)21-22-16(12-7-3-1-4-8-12)17(24)13-9-5-2-6-10-13/h1-11H,(H2,21,23,25)/b22-16+. The minimum Gasteiger partial charge on any atom is -0.287 e. The van der Waals surface area contributed by atoms with Crippen LogP contribution in [-0.4, -0.2) is 21.7 Å². The SMILES string of the molecule is O=C(/C(=N/Nc1cn[nH]c(=O)c1Br)c1ccccc1)c1ccccc1. The van der Waals surface area contributed by atoms with Crippen molar-refractivity contribution >= 4 is 33.1 Å². The summed E-state index contributed by atoms with van der Waals surface area (Å²) in [6, 6.07) is 18.0. The Balaban J connectivity index is 2.01. The zero-order valence-corrected chi connectivity index (χ0v) is 14.5. The van der Waals surface area contributed by atoms with E-state index >= 15 is 0 Å². The lowest BCUT2D eigenvalue weighted by molar-refractivity contribution is 0.106. The highest BCUT2D eigenvalue weighted by Crippen LogP contribution is 2.16. The first-order chi connectivity index (χ1) is 12.2. The second-order valence-electron chi connectivity index (χ2n) is 5.06. The number of aromatic nitrogens is 2. The molecule has 25 heavy (non-hydrogen) atoms. The van der Waals surface area contributed by atoms with Crippen LogP contribution in [0.25, 0.3) is 0 Å². The van der Waals surface area contributed by atoms with E-state index in [0.29, 0.717) is 16.8 Å². The molecule has 6 nitrogen and oxygen atoms in total. The van der Waals surface area contributed by atoms with Gasteiger partial charge < -0.3 is 0 Å². The number of ketones is 1. The average Bonchev–Trinajstić information content (AvgIpc) is 2.66. The number of nitrogens with one attached hydrogen (secondary N) is 2. The van der Waals surface area contributed by atoms with Crippen molar-refractivity contribution in [3.8, 4) is 0 Å². The van der Waals surface area contributed by atoms with E-state index in [9.17, 15) is 9.59 Å². The number of halogens is 1. The van der Waals surface area contributed by atoms with Crippen LogP contribution in [0, 0.1) is 0 Å². The van der Waals surface area contributed by atoms with Gasteiger partial charge in [0.25, 0.3) is 5.56 Å². The Labute approximate surface area is 151 Å². The zero-order valence-electron chi connectivity index (χ0n) is 12.9. The monoisotopic (exact) mass is 396 g/mol. The van der Waals surface area contributed by atoms with Crippen LogP contribution in [0.4, 0.5) is 5.69 Å². The molecule has 0 aliphatic heterocycles. The molecule has 3 rings (SSSR count). The molecule has 1 heterocycles. The van der Waals surface area contributed by atoms with Crippen molar-refractivity contribution in [3.05, 3.63) is 92.8 Å². The maximum absolute atomic E-state index is 12.9. The molecule has 124 valence electrons. The van der Waals surface area contributed by atoms with Gasteiger partial charge in [-0.05, 0) is 15.9 Å². The van der Waals surface area contributed by atoms with Crippen LogP contribution in [0.5, 0.6) is 0 Å². The van der Waals surface area contributed by atoms with Crippen molar-refractivity contribution in [1.29, 1.82) is 0 Å². The first-order valence-corrected chi connectivity index (χ1v) is 8.18. The van der Waals surface area contributed by atoms with Crippen LogP contribution in [0.15, 0.2) is 81.2 Å². The van der Waals surface area contributed by atoms with Gasteiger partial charge in [-0.15, -0.1) is 0 Å². The molecule has 0 spiro atoms. The number of carbonyl (C=O) groups excluding carboxylic acids is 1. The third kappa shape index (κ3) is 3.89. The maximum Gasteiger partial charge on any atom is 0.280 e. The molecule has 0 amide bonds. The summed E-state index contributed by atoms with van der Waals surface area (Å²) in [5.41, 5.74) is 4.13. The summed E-state index contributed by atoms with van der Waals surface area (Å²) < 4.78 is 0.255. The molecule has 0 fully saturated rings. The molecule has 0 bridgehead atoms. The molecule has 0 saturated heterocycles. The smallest absolute Gasteiger partial charge is 0.280 e. The van der Waals surface area contributed by atoms with Gasteiger partial charge in [-0.3, -0.25) is 15.0 Å². The third-order valence-electron chi connectivity index (χ3n) is 3.38.